The van der Waals surface area contributed by atoms with Crippen LogP contribution >= 0.6 is 23.5 Å². The SMILES string of the molecule is COC[n+]1ccc(N[C@@H]2C(=O)N3C(C(=O)O)=C(CSc4nnnn4C)CS[C@H]23)cc1. The molecule has 2 N–H and O–H groups in total. The molecule has 0 spiro atoms. The van der Waals surface area contributed by atoms with Gasteiger partial charge in [-0.2, -0.15) is 4.57 Å². The van der Waals surface area contributed by atoms with Crippen molar-refractivity contribution in [2.45, 2.75) is 23.3 Å². The van der Waals surface area contributed by atoms with Gasteiger partial charge in [-0.05, 0) is 16.0 Å². The Morgan fingerprint density at radius 1 is 1.47 bits per heavy atom. The molecule has 0 radical (unpaired) electrons. The van der Waals surface area contributed by atoms with E-state index < -0.39 is 12.0 Å². The molecule has 1 saturated heterocycles. The number of aromatic nitrogens is 5. The van der Waals surface area contributed by atoms with Gasteiger partial charge in [-0.25, -0.2) is 9.48 Å². The maximum Gasteiger partial charge on any atom is 0.352 e. The van der Waals surface area contributed by atoms with Crippen LogP contribution in [-0.2, 0) is 28.1 Å². The van der Waals surface area contributed by atoms with Gasteiger partial charge in [0.2, 0.25) is 5.16 Å². The molecule has 0 unspecified atom stereocenters. The van der Waals surface area contributed by atoms with Gasteiger partial charge < -0.3 is 15.2 Å². The summed E-state index contributed by atoms with van der Waals surface area (Å²) in [5.74, 6) is -0.426. The number of β-lactam (4-membered cyclic amide) rings is 1. The topological polar surface area (TPSA) is 126 Å². The van der Waals surface area contributed by atoms with Crippen molar-refractivity contribution in [3.05, 3.63) is 35.8 Å². The van der Waals surface area contributed by atoms with Crippen LogP contribution in [0.25, 0.3) is 0 Å². The average molecular weight is 451 g/mol. The molecule has 2 atom stereocenters. The van der Waals surface area contributed by atoms with Crippen molar-refractivity contribution in [1.82, 2.24) is 25.1 Å². The molecule has 0 bridgehead atoms. The van der Waals surface area contributed by atoms with Crippen molar-refractivity contribution < 1.29 is 24.0 Å². The van der Waals surface area contributed by atoms with Crippen molar-refractivity contribution in [2.75, 3.05) is 23.9 Å². The average Bonchev–Trinajstić information content (AvgIpc) is 3.15. The molecule has 2 aromatic rings. The molecule has 4 heterocycles. The second-order valence-electron chi connectivity index (χ2n) is 6.68. The van der Waals surface area contributed by atoms with E-state index in [0.717, 1.165) is 5.69 Å². The largest absolute Gasteiger partial charge is 0.477 e. The van der Waals surface area contributed by atoms with Crippen LogP contribution in [0.3, 0.4) is 0 Å². The summed E-state index contributed by atoms with van der Waals surface area (Å²) >= 11 is 2.90. The van der Waals surface area contributed by atoms with E-state index in [1.807, 2.05) is 29.1 Å². The highest BCUT2D eigenvalue weighted by molar-refractivity contribution is 8.01. The molecule has 2 aliphatic rings. The van der Waals surface area contributed by atoms with Crippen LogP contribution in [-0.4, -0.2) is 72.1 Å². The zero-order valence-corrected chi connectivity index (χ0v) is 17.9. The van der Waals surface area contributed by atoms with E-state index in [1.54, 1.807) is 25.9 Å². The van der Waals surface area contributed by atoms with E-state index in [1.165, 1.54) is 21.3 Å². The van der Waals surface area contributed by atoms with Crippen molar-refractivity contribution in [2.24, 2.45) is 7.05 Å². The van der Waals surface area contributed by atoms with Gasteiger partial charge in [0.15, 0.2) is 12.4 Å². The standard InChI is InChI=1S/C17H19N7O4S2/c1-22-17(19-20-21-22)30-8-10-7-29-15-12(14(25)24(15)13(10)16(26)27)18-11-3-5-23(6-4-11)9-28-2/h3-6,12,15H,7-9H2,1-2H3,(H,26,27)/p+1/t12-,15-/m1/s1. The Morgan fingerprint density at radius 3 is 2.87 bits per heavy atom. The number of pyridine rings is 1. The van der Waals surface area contributed by atoms with Gasteiger partial charge >= 0.3 is 5.97 Å². The summed E-state index contributed by atoms with van der Waals surface area (Å²) in [7, 11) is 3.33. The first-order chi connectivity index (χ1) is 14.5. The van der Waals surface area contributed by atoms with Crippen LogP contribution < -0.4 is 9.88 Å². The molecule has 4 rings (SSSR count). The molecule has 11 nitrogen and oxygen atoms in total. The summed E-state index contributed by atoms with van der Waals surface area (Å²) in [5.41, 5.74) is 1.54. The van der Waals surface area contributed by atoms with Crippen molar-refractivity contribution >= 4 is 41.1 Å². The van der Waals surface area contributed by atoms with E-state index in [4.69, 9.17) is 4.74 Å². The Hall–Kier alpha value is -2.64. The Balaban J connectivity index is 1.47. The van der Waals surface area contributed by atoms with E-state index in [2.05, 4.69) is 20.8 Å². The Labute approximate surface area is 180 Å². The first kappa shape index (κ1) is 20.6. The van der Waals surface area contributed by atoms with Gasteiger partial charge in [0.1, 0.15) is 17.1 Å². The molecule has 0 saturated carbocycles. The predicted octanol–water partition coefficient (Wildman–Crippen LogP) is -0.0719. The number of rotatable bonds is 8. The highest BCUT2D eigenvalue weighted by atomic mass is 32.2. The Bertz CT molecular complexity index is 994. The van der Waals surface area contributed by atoms with Gasteiger partial charge in [0.25, 0.3) is 12.6 Å². The number of aliphatic carboxylic acids is 1. The molecule has 2 aliphatic heterocycles. The second-order valence-corrected chi connectivity index (χ2v) is 8.73. The quantitative estimate of drug-likeness (QED) is 0.320. The van der Waals surface area contributed by atoms with Crippen LogP contribution in [0.5, 0.6) is 0 Å². The number of aryl methyl sites for hydroxylation is 1. The second kappa shape index (κ2) is 8.62. The number of carbonyl (C=O) groups is 2. The number of hydrogen-bond acceptors (Lipinski definition) is 9. The smallest absolute Gasteiger partial charge is 0.352 e. The number of ether oxygens (including phenoxy) is 1. The van der Waals surface area contributed by atoms with E-state index in [0.29, 0.717) is 29.0 Å². The minimum atomic E-state index is -1.10. The van der Waals surface area contributed by atoms with Crippen LogP contribution in [0.15, 0.2) is 41.0 Å². The van der Waals surface area contributed by atoms with Crippen LogP contribution in [0.2, 0.25) is 0 Å². The third-order valence-electron chi connectivity index (χ3n) is 4.70. The van der Waals surface area contributed by atoms with E-state index in [-0.39, 0.29) is 17.0 Å². The summed E-state index contributed by atoms with van der Waals surface area (Å²) in [5, 5.41) is 24.5. The number of amides is 1. The number of carbonyl (C=O) groups excluding carboxylic acids is 1. The monoisotopic (exact) mass is 450 g/mol. The number of fused-ring (bicyclic) bond motifs is 1. The van der Waals surface area contributed by atoms with Gasteiger partial charge in [-0.15, -0.1) is 16.9 Å². The normalized spacial score (nSPS) is 20.7. The number of methoxy groups -OCH3 is 1. The van der Waals surface area contributed by atoms with E-state index in [9.17, 15) is 14.7 Å². The lowest BCUT2D eigenvalue weighted by molar-refractivity contribution is -0.731. The Kier molecular flexibility index (Phi) is 5.92. The van der Waals surface area contributed by atoms with Crippen molar-refractivity contribution in [3.63, 3.8) is 0 Å². The van der Waals surface area contributed by atoms with Crippen molar-refractivity contribution in [1.29, 1.82) is 0 Å². The summed E-state index contributed by atoms with van der Waals surface area (Å²) in [6, 6.07) is 3.24. The van der Waals surface area contributed by atoms with Crippen molar-refractivity contribution in [3.8, 4) is 0 Å². The minimum absolute atomic E-state index is 0.0652. The lowest BCUT2D eigenvalue weighted by atomic mass is 10.0. The first-order valence-corrected chi connectivity index (χ1v) is 11.0. The number of thioether (sulfide) groups is 2. The molecule has 158 valence electrons. The fraction of sp³-hybridized carbons (Fsp3) is 0.412. The summed E-state index contributed by atoms with van der Waals surface area (Å²) in [6.45, 7) is 0.437. The van der Waals surface area contributed by atoms with Crippen LogP contribution in [0, 0.1) is 0 Å². The zero-order chi connectivity index (χ0) is 21.3. The molecule has 2 aromatic heterocycles. The highest BCUT2D eigenvalue weighted by Crippen LogP contribution is 2.42. The first-order valence-electron chi connectivity index (χ1n) is 8.99. The molecule has 30 heavy (non-hydrogen) atoms. The number of tetrazole rings is 1. The summed E-state index contributed by atoms with van der Waals surface area (Å²) in [4.78, 5) is 26.1. The van der Waals surface area contributed by atoms with E-state index >= 15 is 0 Å². The van der Waals surface area contributed by atoms with Gasteiger partial charge in [0, 0.05) is 43.5 Å². The maximum absolute atomic E-state index is 12.8. The highest BCUT2D eigenvalue weighted by Gasteiger charge is 2.53. The summed E-state index contributed by atoms with van der Waals surface area (Å²) in [6.07, 6.45) is 3.69. The van der Waals surface area contributed by atoms with Crippen LogP contribution in [0.4, 0.5) is 5.69 Å². The molecule has 13 heteroatoms. The van der Waals surface area contributed by atoms with Gasteiger partial charge in [0.05, 0.1) is 0 Å². The number of nitrogens with zero attached hydrogens (tertiary/aromatic N) is 6. The number of carboxylic acid groups (broad SMARTS) is 1. The zero-order valence-electron chi connectivity index (χ0n) is 16.3. The third-order valence-corrected chi connectivity index (χ3v) is 7.13. The molecular formula is C17H20N7O4S2+. The number of carboxylic acids is 1. The number of anilines is 1. The number of nitrogens with one attached hydrogen (secondary N) is 1. The Morgan fingerprint density at radius 2 is 2.23 bits per heavy atom. The molecule has 1 amide bonds. The lowest BCUT2D eigenvalue weighted by Gasteiger charge is -2.49. The fourth-order valence-electron chi connectivity index (χ4n) is 3.26. The lowest BCUT2D eigenvalue weighted by Crippen LogP contribution is -2.67. The molecule has 0 aliphatic carbocycles. The minimum Gasteiger partial charge on any atom is -0.477 e. The molecule has 0 aromatic carbocycles. The molecular weight excluding hydrogens is 430 g/mol. The van der Waals surface area contributed by atoms with Gasteiger partial charge in [-0.1, -0.05) is 11.8 Å². The predicted molar refractivity (Wildman–Crippen MR) is 108 cm³/mol. The van der Waals surface area contributed by atoms with Crippen LogP contribution in [0.1, 0.15) is 0 Å². The number of hydrogen-bond donors (Lipinski definition) is 2. The maximum atomic E-state index is 12.8. The van der Waals surface area contributed by atoms with Gasteiger partial charge in [-0.3, -0.25) is 9.69 Å². The molecule has 1 fully saturated rings. The third kappa shape index (κ3) is 3.87. The summed E-state index contributed by atoms with van der Waals surface area (Å²) < 4.78 is 8.45. The fourth-order valence-corrected chi connectivity index (χ4v) is 5.59.